The Kier molecular flexibility index (Phi) is 10.7. The van der Waals surface area contributed by atoms with E-state index in [1.165, 1.54) is 12.1 Å². The Hall–Kier alpha value is -2.92. The molecule has 0 aliphatic heterocycles. The molecule has 3 rings (SSSR count). The number of carboxylic acids is 1. The summed E-state index contributed by atoms with van der Waals surface area (Å²) in [6, 6.07) is 13.9. The standard InChI is InChI=1S/C25H27Cl2N3O6/c26-16-5-7-20(27)19(13-16)23-8-6-17(36-23)14-29-22(15-35-12-11-34-10-9-28)24(31)30-21-4-2-1-3-18(21)25(32)33/h1-8,13,22,29H,9-12,14-15,28H2,(H,30,31)(H,32,33). The zero-order chi connectivity index (χ0) is 25.9. The summed E-state index contributed by atoms with van der Waals surface area (Å²) >= 11 is 12.3. The van der Waals surface area contributed by atoms with Gasteiger partial charge in [0.05, 0.1) is 49.2 Å². The van der Waals surface area contributed by atoms with Crippen LogP contribution >= 0.6 is 23.2 Å². The predicted octanol–water partition coefficient (Wildman–Crippen LogP) is 4.04. The molecule has 0 aliphatic carbocycles. The summed E-state index contributed by atoms with van der Waals surface area (Å²) in [4.78, 5) is 24.5. The second-order valence-corrected chi connectivity index (χ2v) is 8.48. The van der Waals surface area contributed by atoms with Crippen LogP contribution in [0.4, 0.5) is 5.69 Å². The minimum atomic E-state index is -1.15. The highest BCUT2D eigenvalue weighted by Gasteiger charge is 2.21. The molecule has 0 bridgehead atoms. The largest absolute Gasteiger partial charge is 0.478 e. The van der Waals surface area contributed by atoms with Crippen molar-refractivity contribution in [1.82, 2.24) is 5.32 Å². The van der Waals surface area contributed by atoms with Crippen LogP contribution in [0, 0.1) is 0 Å². The Morgan fingerprint density at radius 2 is 1.81 bits per heavy atom. The van der Waals surface area contributed by atoms with E-state index in [9.17, 15) is 14.7 Å². The number of halogens is 2. The van der Waals surface area contributed by atoms with Gasteiger partial charge in [-0.2, -0.15) is 0 Å². The van der Waals surface area contributed by atoms with Crippen molar-refractivity contribution in [3.63, 3.8) is 0 Å². The van der Waals surface area contributed by atoms with Crippen LogP contribution < -0.4 is 16.4 Å². The van der Waals surface area contributed by atoms with Gasteiger partial charge in [0.1, 0.15) is 17.6 Å². The average Bonchev–Trinajstić information content (AvgIpc) is 3.33. The SMILES string of the molecule is NCCOCCOCC(NCc1ccc(-c2cc(Cl)ccc2Cl)o1)C(=O)Nc1ccccc1C(=O)O. The van der Waals surface area contributed by atoms with E-state index in [1.54, 1.807) is 42.5 Å². The summed E-state index contributed by atoms with van der Waals surface area (Å²) in [5.74, 6) is -0.525. The maximum atomic E-state index is 13.0. The number of carboxylic acid groups (broad SMARTS) is 1. The van der Waals surface area contributed by atoms with Gasteiger partial charge in [0.2, 0.25) is 5.91 Å². The maximum absolute atomic E-state index is 13.0. The van der Waals surface area contributed by atoms with Crippen molar-refractivity contribution >= 4 is 40.8 Å². The van der Waals surface area contributed by atoms with Crippen LogP contribution in [0.1, 0.15) is 16.1 Å². The summed E-state index contributed by atoms with van der Waals surface area (Å²) < 4.78 is 16.8. The Morgan fingerprint density at radius 1 is 1.03 bits per heavy atom. The molecule has 3 aromatic rings. The van der Waals surface area contributed by atoms with Crippen LogP contribution in [-0.4, -0.2) is 56.0 Å². The van der Waals surface area contributed by atoms with Gasteiger partial charge in [-0.3, -0.25) is 10.1 Å². The smallest absolute Gasteiger partial charge is 0.337 e. The summed E-state index contributed by atoms with van der Waals surface area (Å²) in [5.41, 5.74) is 6.21. The first kappa shape index (κ1) is 27.7. The van der Waals surface area contributed by atoms with E-state index in [0.29, 0.717) is 46.9 Å². The molecule has 1 unspecified atom stereocenters. The van der Waals surface area contributed by atoms with E-state index in [4.69, 9.17) is 42.8 Å². The number of furan rings is 1. The third-order valence-electron chi connectivity index (χ3n) is 5.03. The molecule has 2 aromatic carbocycles. The molecule has 1 aromatic heterocycles. The normalized spacial score (nSPS) is 11.9. The molecule has 0 saturated heterocycles. The van der Waals surface area contributed by atoms with Gasteiger partial charge >= 0.3 is 5.97 Å². The lowest BCUT2D eigenvalue weighted by molar-refractivity contribution is -0.119. The van der Waals surface area contributed by atoms with E-state index in [2.05, 4.69) is 10.6 Å². The third kappa shape index (κ3) is 8.06. The predicted molar refractivity (Wildman–Crippen MR) is 138 cm³/mol. The number of benzene rings is 2. The first-order chi connectivity index (χ1) is 17.4. The van der Waals surface area contributed by atoms with Gasteiger partial charge in [-0.15, -0.1) is 0 Å². The molecular formula is C25H27Cl2N3O6. The lowest BCUT2D eigenvalue weighted by Gasteiger charge is -2.19. The molecule has 9 nitrogen and oxygen atoms in total. The fraction of sp³-hybridized carbons (Fsp3) is 0.280. The minimum absolute atomic E-state index is 0.0146. The lowest BCUT2D eigenvalue weighted by Crippen LogP contribution is -2.44. The summed E-state index contributed by atoms with van der Waals surface area (Å²) in [6.45, 7) is 1.62. The van der Waals surface area contributed by atoms with Crippen LogP contribution in [0.3, 0.4) is 0 Å². The number of carbonyl (C=O) groups is 2. The van der Waals surface area contributed by atoms with Crippen LogP contribution in [0.15, 0.2) is 59.0 Å². The fourth-order valence-electron chi connectivity index (χ4n) is 3.26. The van der Waals surface area contributed by atoms with Gasteiger partial charge in [0.25, 0.3) is 0 Å². The molecule has 1 amide bonds. The monoisotopic (exact) mass is 535 g/mol. The molecule has 0 radical (unpaired) electrons. The van der Waals surface area contributed by atoms with Crippen LogP contribution in [0.2, 0.25) is 10.0 Å². The quantitative estimate of drug-likeness (QED) is 0.227. The summed E-state index contributed by atoms with van der Waals surface area (Å²) in [6.07, 6.45) is 0. The Morgan fingerprint density at radius 3 is 2.58 bits per heavy atom. The topological polar surface area (TPSA) is 136 Å². The zero-order valence-corrected chi connectivity index (χ0v) is 20.8. The second kappa shape index (κ2) is 14.0. The first-order valence-electron chi connectivity index (χ1n) is 11.1. The lowest BCUT2D eigenvalue weighted by atomic mass is 10.1. The Balaban J connectivity index is 1.67. The molecular weight excluding hydrogens is 509 g/mol. The minimum Gasteiger partial charge on any atom is -0.478 e. The highest BCUT2D eigenvalue weighted by atomic mass is 35.5. The van der Waals surface area contributed by atoms with Crippen molar-refractivity contribution in [3.8, 4) is 11.3 Å². The van der Waals surface area contributed by atoms with Crippen molar-refractivity contribution in [2.75, 3.05) is 38.3 Å². The number of carbonyl (C=O) groups excluding carboxylic acids is 1. The van der Waals surface area contributed by atoms with Crippen molar-refractivity contribution in [3.05, 3.63) is 76.0 Å². The van der Waals surface area contributed by atoms with Gasteiger partial charge in [-0.25, -0.2) is 4.79 Å². The van der Waals surface area contributed by atoms with Crippen molar-refractivity contribution in [2.45, 2.75) is 12.6 Å². The Bertz CT molecular complexity index is 1170. The molecule has 0 saturated carbocycles. The van der Waals surface area contributed by atoms with Gasteiger partial charge in [-0.1, -0.05) is 35.3 Å². The molecule has 0 fully saturated rings. The number of hydrogen-bond donors (Lipinski definition) is 4. The molecule has 1 heterocycles. The number of nitrogens with two attached hydrogens (primary N) is 1. The van der Waals surface area contributed by atoms with Crippen molar-refractivity contribution in [1.29, 1.82) is 0 Å². The Labute approximate surface area is 218 Å². The number of para-hydroxylation sites is 1. The van der Waals surface area contributed by atoms with Gasteiger partial charge < -0.3 is 30.0 Å². The van der Waals surface area contributed by atoms with Crippen LogP contribution in [0.5, 0.6) is 0 Å². The highest BCUT2D eigenvalue weighted by Crippen LogP contribution is 2.31. The van der Waals surface area contributed by atoms with E-state index in [1.807, 2.05) is 0 Å². The van der Waals surface area contributed by atoms with E-state index in [0.717, 1.165) is 0 Å². The third-order valence-corrected chi connectivity index (χ3v) is 5.59. The number of nitrogens with one attached hydrogen (secondary N) is 2. The van der Waals surface area contributed by atoms with Crippen molar-refractivity contribution in [2.24, 2.45) is 5.73 Å². The number of rotatable bonds is 14. The molecule has 5 N–H and O–H groups in total. The fourth-order valence-corrected chi connectivity index (χ4v) is 3.64. The van der Waals surface area contributed by atoms with E-state index >= 15 is 0 Å². The number of aromatic carboxylic acids is 1. The zero-order valence-electron chi connectivity index (χ0n) is 19.3. The summed E-state index contributed by atoms with van der Waals surface area (Å²) in [5, 5.41) is 16.2. The van der Waals surface area contributed by atoms with Gasteiger partial charge in [-0.05, 0) is 42.5 Å². The molecule has 36 heavy (non-hydrogen) atoms. The molecule has 11 heteroatoms. The van der Waals surface area contributed by atoms with Gasteiger partial charge in [0, 0.05) is 17.1 Å². The molecule has 0 spiro atoms. The highest BCUT2D eigenvalue weighted by molar-refractivity contribution is 6.35. The van der Waals surface area contributed by atoms with E-state index in [-0.39, 0.29) is 31.0 Å². The van der Waals surface area contributed by atoms with Crippen LogP contribution in [-0.2, 0) is 20.8 Å². The van der Waals surface area contributed by atoms with E-state index < -0.39 is 17.9 Å². The average molecular weight is 536 g/mol. The number of ether oxygens (including phenoxy) is 2. The van der Waals surface area contributed by atoms with Crippen LogP contribution in [0.25, 0.3) is 11.3 Å². The van der Waals surface area contributed by atoms with Crippen molar-refractivity contribution < 1.29 is 28.6 Å². The summed E-state index contributed by atoms with van der Waals surface area (Å²) in [7, 11) is 0. The number of amides is 1. The molecule has 1 atom stereocenters. The molecule has 192 valence electrons. The molecule has 0 aliphatic rings. The maximum Gasteiger partial charge on any atom is 0.337 e. The number of anilines is 1. The van der Waals surface area contributed by atoms with Gasteiger partial charge in [0.15, 0.2) is 0 Å². The number of hydrogen-bond acceptors (Lipinski definition) is 7. The second-order valence-electron chi connectivity index (χ2n) is 7.64. The first-order valence-corrected chi connectivity index (χ1v) is 11.9.